The average molecular weight is 522 g/mol. The van der Waals surface area contributed by atoms with Crippen molar-refractivity contribution >= 4 is 45.7 Å². The van der Waals surface area contributed by atoms with Crippen LogP contribution < -0.4 is 10.2 Å². The van der Waals surface area contributed by atoms with Crippen molar-refractivity contribution in [3.8, 4) is 0 Å². The van der Waals surface area contributed by atoms with Crippen molar-refractivity contribution in [3.05, 3.63) is 68.8 Å². The standard InChI is InChI=1S/C20H17F2IN6O/c1-28-26-20(25-27-28)29-10-9-17(23)15(11-29)12-5-7-13(8-6-12)24-19(30)14-3-2-4-16(21)18(14)22/h2-8H,9-11H2,1H3,(H,24,30). The molecule has 0 unspecified atom stereocenters. The Balaban J connectivity index is 1.50. The molecule has 10 heteroatoms. The van der Waals surface area contributed by atoms with E-state index in [1.165, 1.54) is 20.5 Å². The van der Waals surface area contributed by atoms with Gasteiger partial charge in [0, 0.05) is 18.8 Å². The minimum absolute atomic E-state index is 0.337. The first-order valence-electron chi connectivity index (χ1n) is 9.14. The van der Waals surface area contributed by atoms with Crippen molar-refractivity contribution in [3.63, 3.8) is 0 Å². The monoisotopic (exact) mass is 522 g/mol. The van der Waals surface area contributed by atoms with Gasteiger partial charge >= 0.3 is 0 Å². The molecule has 1 aliphatic rings. The zero-order chi connectivity index (χ0) is 21.3. The van der Waals surface area contributed by atoms with Crippen molar-refractivity contribution < 1.29 is 13.6 Å². The number of tetrazole rings is 1. The molecular weight excluding hydrogens is 505 g/mol. The number of aryl methyl sites for hydroxylation is 1. The number of benzene rings is 2. The smallest absolute Gasteiger partial charge is 0.266 e. The summed E-state index contributed by atoms with van der Waals surface area (Å²) in [5.74, 6) is -2.34. The Morgan fingerprint density at radius 3 is 2.63 bits per heavy atom. The number of amides is 1. The Hall–Kier alpha value is -2.89. The summed E-state index contributed by atoms with van der Waals surface area (Å²) in [4.78, 5) is 15.8. The largest absolute Gasteiger partial charge is 0.333 e. The third kappa shape index (κ3) is 4.18. The van der Waals surface area contributed by atoms with E-state index in [1.807, 2.05) is 12.1 Å². The highest BCUT2D eigenvalue weighted by Gasteiger charge is 2.22. The Morgan fingerprint density at radius 1 is 1.17 bits per heavy atom. The molecule has 30 heavy (non-hydrogen) atoms. The van der Waals surface area contributed by atoms with Crippen LogP contribution in [-0.2, 0) is 7.05 Å². The van der Waals surface area contributed by atoms with Gasteiger partial charge < -0.3 is 10.2 Å². The van der Waals surface area contributed by atoms with Crippen LogP contribution in [0.1, 0.15) is 22.3 Å². The van der Waals surface area contributed by atoms with Gasteiger partial charge in [-0.25, -0.2) is 8.78 Å². The van der Waals surface area contributed by atoms with Gasteiger partial charge in [-0.15, -0.1) is 5.10 Å². The fraction of sp³-hybridized carbons (Fsp3) is 0.200. The van der Waals surface area contributed by atoms with E-state index in [9.17, 15) is 13.6 Å². The highest BCUT2D eigenvalue weighted by Crippen LogP contribution is 2.32. The number of anilines is 2. The van der Waals surface area contributed by atoms with Crippen LogP contribution in [0, 0.1) is 11.6 Å². The maximum atomic E-state index is 13.8. The molecule has 2 aromatic carbocycles. The number of hydrogen-bond donors (Lipinski definition) is 1. The molecule has 7 nitrogen and oxygen atoms in total. The molecule has 0 bridgehead atoms. The van der Waals surface area contributed by atoms with Crippen molar-refractivity contribution in [2.75, 3.05) is 23.3 Å². The van der Waals surface area contributed by atoms with Crippen LogP contribution >= 0.6 is 22.6 Å². The Labute approximate surface area is 184 Å². The highest BCUT2D eigenvalue weighted by atomic mass is 127. The summed E-state index contributed by atoms with van der Waals surface area (Å²) in [6.07, 6.45) is 0.867. The quantitative estimate of drug-likeness (QED) is 0.528. The van der Waals surface area contributed by atoms with Crippen LogP contribution in [0.3, 0.4) is 0 Å². The number of nitrogens with zero attached hydrogens (tertiary/aromatic N) is 5. The van der Waals surface area contributed by atoms with E-state index in [2.05, 4.69) is 48.2 Å². The van der Waals surface area contributed by atoms with Crippen LogP contribution in [-0.4, -0.2) is 39.2 Å². The van der Waals surface area contributed by atoms with E-state index in [1.54, 1.807) is 19.2 Å². The summed E-state index contributed by atoms with van der Waals surface area (Å²) < 4.78 is 28.4. The van der Waals surface area contributed by atoms with Gasteiger partial charge in [-0.3, -0.25) is 4.79 Å². The lowest BCUT2D eigenvalue weighted by Gasteiger charge is -2.28. The van der Waals surface area contributed by atoms with E-state index in [0.717, 1.165) is 30.2 Å². The van der Waals surface area contributed by atoms with Crippen molar-refractivity contribution in [1.29, 1.82) is 0 Å². The summed E-state index contributed by atoms with van der Waals surface area (Å²) in [5, 5.41) is 14.8. The molecule has 1 amide bonds. The molecule has 4 rings (SSSR count). The molecule has 0 radical (unpaired) electrons. The SMILES string of the molecule is Cn1nnc(N2CCC(I)=C(c3ccc(NC(=O)c4cccc(F)c4F)cc3)C2)n1. The number of carbonyl (C=O) groups is 1. The number of carbonyl (C=O) groups excluding carboxylic acids is 1. The predicted molar refractivity (Wildman–Crippen MR) is 117 cm³/mol. The fourth-order valence-corrected chi connectivity index (χ4v) is 3.91. The van der Waals surface area contributed by atoms with Gasteiger partial charge in [0.1, 0.15) is 0 Å². The Bertz CT molecular complexity index is 1130. The summed E-state index contributed by atoms with van der Waals surface area (Å²) in [6, 6.07) is 10.8. The first-order chi connectivity index (χ1) is 14.4. The van der Waals surface area contributed by atoms with Crippen LogP contribution in [0.4, 0.5) is 20.4 Å². The minimum Gasteiger partial charge on any atom is -0.333 e. The predicted octanol–water partition coefficient (Wildman–Crippen LogP) is 3.80. The second-order valence-corrected chi connectivity index (χ2v) is 8.07. The number of nitrogens with one attached hydrogen (secondary N) is 1. The third-order valence-electron chi connectivity index (χ3n) is 4.75. The first kappa shape index (κ1) is 20.4. The second-order valence-electron chi connectivity index (χ2n) is 6.77. The molecule has 2 heterocycles. The van der Waals surface area contributed by atoms with Crippen molar-refractivity contribution in [2.24, 2.45) is 7.05 Å². The van der Waals surface area contributed by atoms with Gasteiger partial charge in [0.05, 0.1) is 12.6 Å². The average Bonchev–Trinajstić information content (AvgIpc) is 3.17. The lowest BCUT2D eigenvalue weighted by atomic mass is 10.0. The normalized spacial score (nSPS) is 14.2. The maximum Gasteiger partial charge on any atom is 0.266 e. The maximum absolute atomic E-state index is 13.8. The molecule has 1 aliphatic heterocycles. The molecule has 0 aliphatic carbocycles. The summed E-state index contributed by atoms with van der Waals surface area (Å²) in [6.45, 7) is 1.45. The minimum atomic E-state index is -1.16. The Kier molecular flexibility index (Phi) is 5.75. The van der Waals surface area contributed by atoms with Gasteiger partial charge in [-0.05, 0) is 73.2 Å². The van der Waals surface area contributed by atoms with E-state index >= 15 is 0 Å². The second kappa shape index (κ2) is 8.46. The number of hydrogen-bond acceptors (Lipinski definition) is 5. The molecule has 0 spiro atoms. The van der Waals surface area contributed by atoms with Crippen molar-refractivity contribution in [2.45, 2.75) is 6.42 Å². The zero-order valence-electron chi connectivity index (χ0n) is 15.9. The summed E-state index contributed by atoms with van der Waals surface area (Å²) in [7, 11) is 1.73. The van der Waals surface area contributed by atoms with Crippen LogP contribution in [0.5, 0.6) is 0 Å². The lowest BCUT2D eigenvalue weighted by Crippen LogP contribution is -2.31. The van der Waals surface area contributed by atoms with Gasteiger partial charge in [0.15, 0.2) is 11.6 Å². The molecular formula is C20H17F2IN6O. The van der Waals surface area contributed by atoms with Crippen LogP contribution in [0.25, 0.3) is 5.57 Å². The molecule has 154 valence electrons. The number of halogens is 3. The zero-order valence-corrected chi connectivity index (χ0v) is 18.1. The van der Waals surface area contributed by atoms with E-state index in [4.69, 9.17) is 0 Å². The summed E-state index contributed by atoms with van der Waals surface area (Å²) >= 11 is 2.34. The first-order valence-corrected chi connectivity index (χ1v) is 10.2. The topological polar surface area (TPSA) is 75.9 Å². The van der Waals surface area contributed by atoms with Crippen LogP contribution in [0.2, 0.25) is 0 Å². The van der Waals surface area contributed by atoms with Crippen LogP contribution in [0.15, 0.2) is 46.0 Å². The molecule has 0 fully saturated rings. The molecule has 0 saturated heterocycles. The fourth-order valence-electron chi connectivity index (χ4n) is 3.19. The molecule has 0 atom stereocenters. The molecule has 0 saturated carbocycles. The van der Waals surface area contributed by atoms with E-state index in [-0.39, 0.29) is 5.56 Å². The van der Waals surface area contributed by atoms with E-state index < -0.39 is 17.5 Å². The van der Waals surface area contributed by atoms with E-state index in [0.29, 0.717) is 18.2 Å². The van der Waals surface area contributed by atoms with Gasteiger partial charge in [-0.2, -0.15) is 4.80 Å². The number of rotatable bonds is 4. The van der Waals surface area contributed by atoms with Gasteiger partial charge in [0.2, 0.25) is 0 Å². The highest BCUT2D eigenvalue weighted by molar-refractivity contribution is 14.1. The van der Waals surface area contributed by atoms with Crippen molar-refractivity contribution in [1.82, 2.24) is 20.2 Å². The third-order valence-corrected chi connectivity index (χ3v) is 5.94. The summed E-state index contributed by atoms with van der Waals surface area (Å²) in [5.41, 5.74) is 2.30. The number of aromatic nitrogens is 4. The van der Waals surface area contributed by atoms with Gasteiger partial charge in [-0.1, -0.05) is 23.3 Å². The van der Waals surface area contributed by atoms with Gasteiger partial charge in [0.25, 0.3) is 11.9 Å². The molecule has 3 aromatic rings. The molecule has 1 aromatic heterocycles. The Morgan fingerprint density at radius 2 is 1.93 bits per heavy atom. The molecule has 1 N–H and O–H groups in total. The lowest BCUT2D eigenvalue weighted by molar-refractivity contribution is 0.102.